The van der Waals surface area contributed by atoms with Crippen LogP contribution in [0.2, 0.25) is 0 Å². The van der Waals surface area contributed by atoms with Crippen molar-refractivity contribution in [3.8, 4) is 0 Å². The molecule has 2 heterocycles. The van der Waals surface area contributed by atoms with Crippen LogP contribution in [0.1, 0.15) is 17.5 Å². The fourth-order valence-electron chi connectivity index (χ4n) is 2.71. The second-order valence-corrected chi connectivity index (χ2v) is 6.51. The minimum Gasteiger partial charge on any atom is -0.383 e. The summed E-state index contributed by atoms with van der Waals surface area (Å²) in [4.78, 5) is 32.3. The number of amides is 1. The van der Waals surface area contributed by atoms with Gasteiger partial charge in [-0.1, -0.05) is 29.5 Å². The van der Waals surface area contributed by atoms with E-state index in [0.717, 1.165) is 25.1 Å². The Hall–Kier alpha value is -2.28. The van der Waals surface area contributed by atoms with E-state index in [1.54, 1.807) is 0 Å². The number of aromatic amines is 1. The first kappa shape index (κ1) is 15.6. The molecule has 7 heteroatoms. The fraction of sp³-hybridized carbons (Fsp3) is 0.312. The Morgan fingerprint density at radius 1 is 1.43 bits per heavy atom. The van der Waals surface area contributed by atoms with Crippen molar-refractivity contribution >= 4 is 29.2 Å². The van der Waals surface area contributed by atoms with Crippen LogP contribution in [-0.2, 0) is 11.2 Å². The van der Waals surface area contributed by atoms with Crippen molar-refractivity contribution in [1.82, 2.24) is 9.97 Å². The van der Waals surface area contributed by atoms with Crippen molar-refractivity contribution < 1.29 is 4.79 Å². The molecule has 1 aromatic heterocycles. The number of nitrogens with zero attached hydrogens (tertiary/aromatic N) is 2. The molecule has 1 aromatic carbocycles. The molecule has 120 valence electrons. The molecule has 0 bridgehead atoms. The number of hydrogen-bond acceptors (Lipinski definition) is 5. The average Bonchev–Trinajstić information content (AvgIpc) is 2.51. The van der Waals surface area contributed by atoms with Gasteiger partial charge in [-0.2, -0.15) is 0 Å². The van der Waals surface area contributed by atoms with Gasteiger partial charge in [0, 0.05) is 18.3 Å². The molecule has 1 aliphatic rings. The molecule has 0 unspecified atom stereocenters. The van der Waals surface area contributed by atoms with E-state index in [1.807, 2.05) is 17.0 Å². The van der Waals surface area contributed by atoms with Gasteiger partial charge < -0.3 is 15.6 Å². The number of thioether (sulfide) groups is 1. The van der Waals surface area contributed by atoms with Crippen molar-refractivity contribution in [2.75, 3.05) is 22.9 Å². The normalized spacial score (nSPS) is 13.7. The molecule has 0 saturated carbocycles. The molecular formula is C16H18N4O2S. The first-order chi connectivity index (χ1) is 11.0. The Kier molecular flexibility index (Phi) is 4.38. The quantitative estimate of drug-likeness (QED) is 0.660. The molecular weight excluding hydrogens is 312 g/mol. The lowest BCUT2D eigenvalue weighted by Gasteiger charge is -2.29. The molecule has 0 aliphatic carbocycles. The standard InChI is InChI=1S/C16H18N4O2S/c1-10-4-5-12-11(7-10)3-2-6-20(12)15(22)9-23-16-18-13(17)8-14(21)19-16/h4-5,7-8H,2-3,6,9H2,1H3,(H3,17,18,19,21). The van der Waals surface area contributed by atoms with E-state index in [1.165, 1.54) is 29.0 Å². The Labute approximate surface area is 138 Å². The lowest BCUT2D eigenvalue weighted by Crippen LogP contribution is -2.36. The summed E-state index contributed by atoms with van der Waals surface area (Å²) in [6.07, 6.45) is 1.96. The Morgan fingerprint density at radius 3 is 3.04 bits per heavy atom. The number of carbonyl (C=O) groups excluding carboxylic acids is 1. The van der Waals surface area contributed by atoms with Gasteiger partial charge in [-0.15, -0.1) is 0 Å². The van der Waals surface area contributed by atoms with Crippen molar-refractivity contribution in [2.24, 2.45) is 0 Å². The van der Waals surface area contributed by atoms with Crippen molar-refractivity contribution in [2.45, 2.75) is 24.9 Å². The fourth-order valence-corrected chi connectivity index (χ4v) is 3.47. The molecule has 0 spiro atoms. The maximum atomic E-state index is 12.5. The molecule has 3 N–H and O–H groups in total. The number of nitrogens with two attached hydrogens (primary N) is 1. The number of carbonyl (C=O) groups is 1. The smallest absolute Gasteiger partial charge is 0.253 e. The summed E-state index contributed by atoms with van der Waals surface area (Å²) in [5.41, 5.74) is 8.64. The first-order valence-corrected chi connectivity index (χ1v) is 8.41. The number of benzene rings is 1. The molecule has 0 atom stereocenters. The third kappa shape index (κ3) is 3.56. The summed E-state index contributed by atoms with van der Waals surface area (Å²) in [5, 5.41) is 0.365. The van der Waals surface area contributed by atoms with Gasteiger partial charge in [0.15, 0.2) is 5.16 Å². The first-order valence-electron chi connectivity index (χ1n) is 7.42. The van der Waals surface area contributed by atoms with Gasteiger partial charge in [0.1, 0.15) is 5.82 Å². The van der Waals surface area contributed by atoms with Crippen molar-refractivity contribution in [3.05, 3.63) is 45.7 Å². The van der Waals surface area contributed by atoms with Crippen LogP contribution in [0, 0.1) is 6.92 Å². The number of anilines is 2. The van der Waals surface area contributed by atoms with E-state index in [9.17, 15) is 9.59 Å². The van der Waals surface area contributed by atoms with E-state index >= 15 is 0 Å². The van der Waals surface area contributed by atoms with Gasteiger partial charge in [0.25, 0.3) is 5.56 Å². The molecule has 3 rings (SSSR count). The molecule has 23 heavy (non-hydrogen) atoms. The highest BCUT2D eigenvalue weighted by atomic mass is 32.2. The average molecular weight is 330 g/mol. The monoisotopic (exact) mass is 330 g/mol. The van der Waals surface area contributed by atoms with Gasteiger partial charge in [-0.25, -0.2) is 4.98 Å². The zero-order chi connectivity index (χ0) is 16.4. The molecule has 2 aromatic rings. The van der Waals surface area contributed by atoms with E-state index in [-0.39, 0.29) is 23.0 Å². The Balaban J connectivity index is 1.73. The molecule has 1 aliphatic heterocycles. The van der Waals surface area contributed by atoms with Gasteiger partial charge >= 0.3 is 0 Å². The van der Waals surface area contributed by atoms with Crippen LogP contribution < -0.4 is 16.2 Å². The summed E-state index contributed by atoms with van der Waals surface area (Å²) in [7, 11) is 0. The second kappa shape index (κ2) is 6.45. The number of nitrogen functional groups attached to an aromatic ring is 1. The number of aromatic nitrogens is 2. The topological polar surface area (TPSA) is 92.1 Å². The minimum absolute atomic E-state index is 0.00452. The number of H-pyrrole nitrogens is 1. The van der Waals surface area contributed by atoms with Gasteiger partial charge in [-0.05, 0) is 31.4 Å². The minimum atomic E-state index is -0.314. The van der Waals surface area contributed by atoms with Crippen LogP contribution in [0.3, 0.4) is 0 Å². The highest BCUT2D eigenvalue weighted by Crippen LogP contribution is 2.28. The van der Waals surface area contributed by atoms with Gasteiger partial charge in [-0.3, -0.25) is 9.59 Å². The lowest BCUT2D eigenvalue weighted by molar-refractivity contribution is -0.116. The predicted molar refractivity (Wildman–Crippen MR) is 91.8 cm³/mol. The second-order valence-electron chi connectivity index (χ2n) is 5.55. The number of nitrogens with one attached hydrogen (secondary N) is 1. The van der Waals surface area contributed by atoms with Crippen LogP contribution in [0.4, 0.5) is 11.5 Å². The molecule has 0 fully saturated rings. The zero-order valence-electron chi connectivity index (χ0n) is 12.8. The van der Waals surface area contributed by atoms with Crippen LogP contribution in [-0.4, -0.2) is 28.2 Å². The Bertz CT molecular complexity index is 803. The number of fused-ring (bicyclic) bond motifs is 1. The summed E-state index contributed by atoms with van der Waals surface area (Å²) in [5.74, 6) is 0.368. The summed E-state index contributed by atoms with van der Waals surface area (Å²) in [6, 6.07) is 7.38. The van der Waals surface area contributed by atoms with E-state index in [0.29, 0.717) is 5.16 Å². The molecule has 6 nitrogen and oxygen atoms in total. The third-order valence-electron chi connectivity index (χ3n) is 3.73. The van der Waals surface area contributed by atoms with E-state index in [2.05, 4.69) is 23.0 Å². The highest BCUT2D eigenvalue weighted by Gasteiger charge is 2.22. The molecule has 0 saturated heterocycles. The maximum Gasteiger partial charge on any atom is 0.253 e. The lowest BCUT2D eigenvalue weighted by atomic mass is 10.00. The molecule has 1 amide bonds. The molecule has 0 radical (unpaired) electrons. The van der Waals surface area contributed by atoms with E-state index in [4.69, 9.17) is 5.73 Å². The number of hydrogen-bond donors (Lipinski definition) is 2. The zero-order valence-corrected chi connectivity index (χ0v) is 13.7. The Morgan fingerprint density at radius 2 is 2.26 bits per heavy atom. The summed E-state index contributed by atoms with van der Waals surface area (Å²) < 4.78 is 0. The largest absolute Gasteiger partial charge is 0.383 e. The van der Waals surface area contributed by atoms with Crippen molar-refractivity contribution in [3.63, 3.8) is 0 Å². The van der Waals surface area contributed by atoms with Gasteiger partial charge in [0.05, 0.1) is 5.75 Å². The van der Waals surface area contributed by atoms with Gasteiger partial charge in [0.2, 0.25) is 5.91 Å². The summed E-state index contributed by atoms with van der Waals surface area (Å²) >= 11 is 1.19. The van der Waals surface area contributed by atoms with E-state index < -0.39 is 0 Å². The highest BCUT2D eigenvalue weighted by molar-refractivity contribution is 7.99. The van der Waals surface area contributed by atoms with Crippen LogP contribution in [0.15, 0.2) is 34.2 Å². The van der Waals surface area contributed by atoms with Crippen LogP contribution in [0.25, 0.3) is 0 Å². The maximum absolute atomic E-state index is 12.5. The third-order valence-corrected chi connectivity index (χ3v) is 4.58. The predicted octanol–water partition coefficient (Wildman–Crippen LogP) is 1.73. The van der Waals surface area contributed by atoms with Crippen LogP contribution in [0.5, 0.6) is 0 Å². The number of aryl methyl sites for hydroxylation is 2. The SMILES string of the molecule is Cc1ccc2c(c1)CCCN2C(=O)CSc1nc(N)cc(=O)[nH]1. The summed E-state index contributed by atoms with van der Waals surface area (Å²) in [6.45, 7) is 2.77. The number of rotatable bonds is 3. The van der Waals surface area contributed by atoms with Crippen molar-refractivity contribution in [1.29, 1.82) is 0 Å². The van der Waals surface area contributed by atoms with Crippen LogP contribution >= 0.6 is 11.8 Å².